The van der Waals surface area contributed by atoms with Crippen molar-refractivity contribution in [1.29, 1.82) is 0 Å². The molecule has 2 aliphatic rings. The van der Waals surface area contributed by atoms with Crippen LogP contribution in [0.25, 0.3) is 0 Å². The lowest BCUT2D eigenvalue weighted by atomic mass is 10.0. The number of nitrogens with one attached hydrogen (secondary N) is 2. The summed E-state index contributed by atoms with van der Waals surface area (Å²) in [6.07, 6.45) is 5.09. The predicted octanol–water partition coefficient (Wildman–Crippen LogP) is 4.04. The Balaban J connectivity index is 1.52. The van der Waals surface area contributed by atoms with Crippen molar-refractivity contribution in [1.82, 2.24) is 15.3 Å². The number of anilines is 1. The average molecular weight is 540 g/mol. The van der Waals surface area contributed by atoms with Gasteiger partial charge in [0.25, 0.3) is 5.91 Å². The van der Waals surface area contributed by atoms with Crippen LogP contribution in [0, 0.1) is 6.92 Å². The van der Waals surface area contributed by atoms with E-state index in [4.69, 9.17) is 37.7 Å². The summed E-state index contributed by atoms with van der Waals surface area (Å²) in [6, 6.07) is -0.239. The monoisotopic (exact) mass is 539 g/mol. The van der Waals surface area contributed by atoms with Crippen LogP contribution in [0.3, 0.4) is 0 Å². The first-order valence-electron chi connectivity index (χ1n) is 11.4. The van der Waals surface area contributed by atoms with Crippen LogP contribution in [-0.2, 0) is 9.47 Å². The predicted molar refractivity (Wildman–Crippen MR) is 138 cm³/mol. The fourth-order valence-electron chi connectivity index (χ4n) is 4.08. The quantitative estimate of drug-likeness (QED) is 0.514. The minimum atomic E-state index is -0.407. The van der Waals surface area contributed by atoms with Crippen LogP contribution < -0.4 is 10.2 Å². The summed E-state index contributed by atoms with van der Waals surface area (Å²) in [6.45, 7) is 5.56. The van der Waals surface area contributed by atoms with Gasteiger partial charge >= 0.3 is 5.97 Å². The first kappa shape index (κ1) is 25.7. The van der Waals surface area contributed by atoms with Gasteiger partial charge in [-0.3, -0.25) is 9.79 Å². The number of esters is 1. The fraction of sp³-hybridized carbons (Fsp3) is 0.478. The number of halogens is 2. The SMILES string of the molecule is CCOC(=O)c1sc(N2CC[C@@H](NC(=O)c3[nH]c(C)c(Cl)c3Cl)[C@@H](OC)C2)nc1C1=NCCC=C1. The number of thiazole rings is 1. The largest absolute Gasteiger partial charge is 0.462 e. The zero-order valence-corrected chi connectivity index (χ0v) is 22.0. The topological polar surface area (TPSA) is 109 Å². The summed E-state index contributed by atoms with van der Waals surface area (Å²) in [5.41, 5.74) is 2.09. The molecule has 1 fully saturated rings. The second-order valence-corrected chi connectivity index (χ2v) is 9.93. The molecule has 2 N–H and O–H groups in total. The summed E-state index contributed by atoms with van der Waals surface area (Å²) >= 11 is 13.6. The van der Waals surface area contributed by atoms with Gasteiger partial charge in [-0.25, -0.2) is 9.78 Å². The molecule has 1 saturated heterocycles. The van der Waals surface area contributed by atoms with Crippen molar-refractivity contribution in [2.24, 2.45) is 4.99 Å². The zero-order valence-electron chi connectivity index (χ0n) is 19.7. The van der Waals surface area contributed by atoms with E-state index in [1.54, 1.807) is 21.0 Å². The molecule has 35 heavy (non-hydrogen) atoms. The van der Waals surface area contributed by atoms with Gasteiger partial charge in [0.1, 0.15) is 16.3 Å². The maximum absolute atomic E-state index is 12.8. The molecule has 0 aliphatic carbocycles. The van der Waals surface area contributed by atoms with Crippen LogP contribution >= 0.6 is 34.5 Å². The Morgan fingerprint density at radius 3 is 2.77 bits per heavy atom. The lowest BCUT2D eigenvalue weighted by Gasteiger charge is -2.37. The lowest BCUT2D eigenvalue weighted by Crippen LogP contribution is -2.55. The average Bonchev–Trinajstić information content (AvgIpc) is 3.42. The number of aromatic nitrogens is 2. The number of carbonyl (C=O) groups excluding carboxylic acids is 2. The highest BCUT2D eigenvalue weighted by Gasteiger charge is 2.34. The van der Waals surface area contributed by atoms with Gasteiger partial charge in [0.05, 0.1) is 34.5 Å². The van der Waals surface area contributed by atoms with Crippen LogP contribution in [-0.4, -0.2) is 73.1 Å². The van der Waals surface area contributed by atoms with E-state index >= 15 is 0 Å². The molecular weight excluding hydrogens is 513 g/mol. The van der Waals surface area contributed by atoms with Gasteiger partial charge in [0.2, 0.25) is 0 Å². The fourth-order valence-corrected chi connectivity index (χ4v) is 5.50. The summed E-state index contributed by atoms with van der Waals surface area (Å²) in [5.74, 6) is -0.746. The Kier molecular flexibility index (Phi) is 8.16. The molecule has 0 radical (unpaired) electrons. The van der Waals surface area contributed by atoms with E-state index in [2.05, 4.69) is 20.2 Å². The molecular formula is C23H27Cl2N5O4S. The smallest absolute Gasteiger partial charge is 0.350 e. The number of piperidine rings is 1. The van der Waals surface area contributed by atoms with Crippen LogP contribution in [0.2, 0.25) is 10.0 Å². The number of aryl methyl sites for hydroxylation is 1. The van der Waals surface area contributed by atoms with E-state index in [0.29, 0.717) is 58.2 Å². The number of allylic oxidation sites excluding steroid dienone is 1. The molecule has 2 aliphatic heterocycles. The molecule has 0 bridgehead atoms. The van der Waals surface area contributed by atoms with Gasteiger partial charge in [-0.1, -0.05) is 40.6 Å². The normalized spacial score (nSPS) is 20.0. The number of carbonyl (C=O) groups is 2. The second-order valence-electron chi connectivity index (χ2n) is 8.19. The Labute approximate surface area is 217 Å². The number of dihydropyridines is 1. The molecule has 9 nitrogen and oxygen atoms in total. The summed E-state index contributed by atoms with van der Waals surface area (Å²) < 4.78 is 11.0. The number of amides is 1. The molecule has 0 unspecified atom stereocenters. The highest BCUT2D eigenvalue weighted by atomic mass is 35.5. The number of nitrogens with zero attached hydrogens (tertiary/aromatic N) is 3. The number of hydrogen-bond acceptors (Lipinski definition) is 8. The number of hydrogen-bond donors (Lipinski definition) is 2. The van der Waals surface area contributed by atoms with E-state index in [-0.39, 0.29) is 35.4 Å². The van der Waals surface area contributed by atoms with Crippen LogP contribution in [0.5, 0.6) is 0 Å². The molecule has 188 valence electrons. The van der Waals surface area contributed by atoms with Crippen LogP contribution in [0.4, 0.5) is 5.13 Å². The number of aliphatic imine (C=N–C) groups is 1. The van der Waals surface area contributed by atoms with E-state index in [9.17, 15) is 9.59 Å². The Bertz CT molecular complexity index is 1180. The Morgan fingerprint density at radius 1 is 1.34 bits per heavy atom. The summed E-state index contributed by atoms with van der Waals surface area (Å²) in [4.78, 5) is 40.2. The van der Waals surface area contributed by atoms with Crippen LogP contribution in [0.1, 0.15) is 51.3 Å². The maximum Gasteiger partial charge on any atom is 0.350 e. The first-order valence-corrected chi connectivity index (χ1v) is 12.9. The molecule has 12 heteroatoms. The van der Waals surface area contributed by atoms with E-state index in [1.165, 1.54) is 11.3 Å². The lowest BCUT2D eigenvalue weighted by molar-refractivity contribution is 0.0530. The van der Waals surface area contributed by atoms with Crippen molar-refractivity contribution in [3.8, 4) is 0 Å². The van der Waals surface area contributed by atoms with Crippen molar-refractivity contribution in [2.75, 3.05) is 38.3 Å². The van der Waals surface area contributed by atoms with Crippen molar-refractivity contribution in [2.45, 2.75) is 38.8 Å². The molecule has 2 aromatic heterocycles. The van der Waals surface area contributed by atoms with E-state index < -0.39 is 5.97 Å². The number of ether oxygens (including phenoxy) is 2. The highest BCUT2D eigenvalue weighted by Crippen LogP contribution is 2.32. The third-order valence-corrected chi connectivity index (χ3v) is 7.95. The number of aromatic amines is 1. The van der Waals surface area contributed by atoms with Gasteiger partial charge in [0, 0.05) is 32.4 Å². The summed E-state index contributed by atoms with van der Waals surface area (Å²) in [5, 5.41) is 4.24. The third-order valence-electron chi connectivity index (χ3n) is 5.90. The molecule has 0 spiro atoms. The van der Waals surface area contributed by atoms with Crippen LogP contribution in [0.15, 0.2) is 17.1 Å². The number of methoxy groups -OCH3 is 1. The molecule has 2 atom stereocenters. The van der Waals surface area contributed by atoms with Crippen molar-refractivity contribution >= 4 is 57.3 Å². The van der Waals surface area contributed by atoms with Gasteiger partial charge in [0.15, 0.2) is 5.13 Å². The highest BCUT2D eigenvalue weighted by molar-refractivity contribution is 7.17. The molecule has 4 rings (SSSR count). The maximum atomic E-state index is 12.8. The van der Waals surface area contributed by atoms with E-state index in [0.717, 1.165) is 6.42 Å². The Hall–Kier alpha value is -2.40. The van der Waals surface area contributed by atoms with Crippen molar-refractivity contribution in [3.63, 3.8) is 0 Å². The molecule has 4 heterocycles. The minimum absolute atomic E-state index is 0.203. The molecule has 1 amide bonds. The zero-order chi connectivity index (χ0) is 25.1. The second kappa shape index (κ2) is 11.1. The molecule has 2 aromatic rings. The van der Waals surface area contributed by atoms with E-state index in [1.807, 2.05) is 12.2 Å². The molecule has 0 saturated carbocycles. The van der Waals surface area contributed by atoms with Gasteiger partial charge < -0.3 is 24.7 Å². The standard InChI is InChI=1S/C23H27Cl2N5O4S/c1-4-34-22(32)20-18(14-7-5-6-9-26-14)29-23(35-20)30-10-8-13(15(11-30)33-3)28-21(31)19-17(25)16(24)12(2)27-19/h5,7,13,15,27H,4,6,8-11H2,1-3H3,(H,28,31)/t13-,15+/m1/s1. The van der Waals surface area contributed by atoms with Gasteiger partial charge in [-0.15, -0.1) is 0 Å². The molecule has 0 aromatic carbocycles. The minimum Gasteiger partial charge on any atom is -0.462 e. The van der Waals surface area contributed by atoms with Crippen molar-refractivity contribution < 1.29 is 19.1 Å². The van der Waals surface area contributed by atoms with Gasteiger partial charge in [-0.2, -0.15) is 0 Å². The first-order chi connectivity index (χ1) is 16.8. The van der Waals surface area contributed by atoms with Crippen molar-refractivity contribution in [3.05, 3.63) is 44.2 Å². The van der Waals surface area contributed by atoms with Gasteiger partial charge in [-0.05, 0) is 32.8 Å². The number of rotatable bonds is 7. The summed E-state index contributed by atoms with van der Waals surface area (Å²) in [7, 11) is 1.61. The Morgan fingerprint density at radius 2 is 2.14 bits per heavy atom. The number of H-pyrrole nitrogens is 1. The third kappa shape index (κ3) is 5.40.